The van der Waals surface area contributed by atoms with E-state index in [1.807, 2.05) is 0 Å². The van der Waals surface area contributed by atoms with Gasteiger partial charge >= 0.3 is 29.6 Å². The number of nitrogens with one attached hydrogen (secondary N) is 1. The number of hydrogen-bond donors (Lipinski definition) is 1. The van der Waals surface area contributed by atoms with Crippen molar-refractivity contribution in [3.8, 4) is 0 Å². The van der Waals surface area contributed by atoms with Gasteiger partial charge in [-0.25, -0.2) is 0 Å². The van der Waals surface area contributed by atoms with Gasteiger partial charge in [0.1, 0.15) is 0 Å². The molecule has 6 nitrogen and oxygen atoms in total. The maximum absolute atomic E-state index is 11.1. The van der Waals surface area contributed by atoms with E-state index < -0.39 is 18.2 Å². The second-order valence-electron chi connectivity index (χ2n) is 2.77. The van der Waals surface area contributed by atoms with Crippen molar-refractivity contribution in [1.29, 1.82) is 0 Å². The zero-order valence-corrected chi connectivity index (χ0v) is 11.7. The third-order valence-corrected chi connectivity index (χ3v) is 1.65. The van der Waals surface area contributed by atoms with Crippen molar-refractivity contribution in [2.24, 2.45) is 0 Å². The molecule has 0 unspecified atom stereocenters. The van der Waals surface area contributed by atoms with Crippen molar-refractivity contribution in [1.82, 2.24) is 5.32 Å². The average Bonchev–Trinajstić information content (AvgIpc) is 2.19. The molecule has 7 heteroatoms. The summed E-state index contributed by atoms with van der Waals surface area (Å²) in [6, 6.07) is 0. The summed E-state index contributed by atoms with van der Waals surface area (Å²) in [4.78, 5) is 21.4. The predicted molar refractivity (Wildman–Crippen MR) is 49.6 cm³/mol. The van der Waals surface area contributed by atoms with E-state index in [4.69, 9.17) is 9.47 Å². The number of rotatable bonds is 7. The molecule has 0 aliphatic rings. The van der Waals surface area contributed by atoms with Gasteiger partial charge < -0.3 is 24.7 Å². The number of carboxylic acids is 1. The molecule has 1 N–H and O–H groups in total. The van der Waals surface area contributed by atoms with Crippen LogP contribution in [0.2, 0.25) is 0 Å². The molecule has 0 fully saturated rings. The topological polar surface area (TPSA) is 87.7 Å². The number of carbonyl (C=O) groups is 2. The van der Waals surface area contributed by atoms with E-state index in [2.05, 4.69) is 11.9 Å². The molecule has 0 saturated carbocycles. The quantitative estimate of drug-likeness (QED) is 0.274. The van der Waals surface area contributed by atoms with Crippen LogP contribution in [-0.2, 0) is 19.1 Å². The summed E-state index contributed by atoms with van der Waals surface area (Å²) in [6.45, 7) is 3.32. The summed E-state index contributed by atoms with van der Waals surface area (Å²) >= 11 is 0. The largest absolute Gasteiger partial charge is 1.00 e. The fraction of sp³-hybridized carbons (Fsp3) is 0.556. The van der Waals surface area contributed by atoms with Crippen molar-refractivity contribution < 1.29 is 53.7 Å². The molecule has 0 aromatic rings. The molecule has 1 amide bonds. The molecule has 0 radical (unpaired) electrons. The van der Waals surface area contributed by atoms with E-state index in [0.29, 0.717) is 0 Å². The van der Waals surface area contributed by atoms with E-state index >= 15 is 0 Å². The van der Waals surface area contributed by atoms with Crippen LogP contribution in [0, 0.1) is 0 Å². The van der Waals surface area contributed by atoms with Gasteiger partial charge in [0.25, 0.3) is 0 Å². The van der Waals surface area contributed by atoms with Gasteiger partial charge in [0, 0.05) is 14.2 Å². The summed E-state index contributed by atoms with van der Waals surface area (Å²) < 4.78 is 9.63. The van der Waals surface area contributed by atoms with E-state index in [0.717, 1.165) is 0 Å². The summed E-state index contributed by atoms with van der Waals surface area (Å²) in [5.41, 5.74) is -0.265. The number of hydrogen-bond acceptors (Lipinski definition) is 5. The Morgan fingerprint density at radius 1 is 1.38 bits per heavy atom. The molecule has 0 rings (SSSR count). The first-order valence-corrected chi connectivity index (χ1v) is 4.22. The maximum atomic E-state index is 11.1. The van der Waals surface area contributed by atoms with Crippen LogP contribution in [0.15, 0.2) is 12.2 Å². The van der Waals surface area contributed by atoms with E-state index in [1.165, 1.54) is 14.2 Å². The van der Waals surface area contributed by atoms with Crippen molar-refractivity contribution in [3.05, 3.63) is 12.2 Å². The number of ether oxygens (including phenoxy) is 2. The van der Waals surface area contributed by atoms with Gasteiger partial charge in [0.15, 0.2) is 6.29 Å². The minimum Gasteiger partial charge on any atom is -0.545 e. The SMILES string of the molecule is C=C(CC(=O)NCC(OC)OC)C(=O)[O-].[Na+]. The Kier molecular flexibility index (Phi) is 11.0. The number of aliphatic carboxylic acids is 1. The second kappa shape index (κ2) is 9.80. The third kappa shape index (κ3) is 7.84. The van der Waals surface area contributed by atoms with Crippen LogP contribution in [0.1, 0.15) is 6.42 Å². The summed E-state index contributed by atoms with van der Waals surface area (Å²) in [5, 5.41) is 12.7. The van der Waals surface area contributed by atoms with Crippen LogP contribution >= 0.6 is 0 Å². The maximum Gasteiger partial charge on any atom is 1.00 e. The zero-order chi connectivity index (χ0) is 11.8. The van der Waals surface area contributed by atoms with Crippen LogP contribution in [-0.4, -0.2) is 38.9 Å². The van der Waals surface area contributed by atoms with Crippen LogP contribution in [0.3, 0.4) is 0 Å². The number of methoxy groups -OCH3 is 2. The molecule has 0 bridgehead atoms. The van der Waals surface area contributed by atoms with Gasteiger partial charge in [-0.2, -0.15) is 0 Å². The van der Waals surface area contributed by atoms with Gasteiger partial charge in [-0.05, 0) is 5.57 Å². The molecule has 0 aromatic carbocycles. The van der Waals surface area contributed by atoms with E-state index in [1.54, 1.807) is 0 Å². The van der Waals surface area contributed by atoms with E-state index in [-0.39, 0.29) is 48.1 Å². The van der Waals surface area contributed by atoms with Crippen molar-refractivity contribution >= 4 is 11.9 Å². The van der Waals surface area contributed by atoms with Gasteiger partial charge in [-0.1, -0.05) is 6.58 Å². The third-order valence-electron chi connectivity index (χ3n) is 1.65. The standard InChI is InChI=1S/C9H15NO5.Na/c1-6(9(12)13)4-7(11)10-5-8(14-2)15-3;/h8H,1,4-5H2,2-3H3,(H,10,11)(H,12,13);/q;+1/p-1. The second-order valence-corrected chi connectivity index (χ2v) is 2.77. The molecule has 0 saturated heterocycles. The normalized spacial score (nSPS) is 9.44. The van der Waals surface area contributed by atoms with Crippen molar-refractivity contribution in [2.75, 3.05) is 20.8 Å². The molecular weight excluding hydrogens is 225 g/mol. The smallest absolute Gasteiger partial charge is 0.545 e. The Morgan fingerprint density at radius 3 is 2.25 bits per heavy atom. The molecule has 16 heavy (non-hydrogen) atoms. The van der Waals surface area contributed by atoms with Gasteiger partial charge in [0.2, 0.25) is 5.91 Å². The Balaban J connectivity index is 0. The molecule has 0 aliphatic carbocycles. The molecule has 0 aliphatic heterocycles. The Morgan fingerprint density at radius 2 is 1.88 bits per heavy atom. The minimum atomic E-state index is -1.43. The fourth-order valence-electron chi connectivity index (χ4n) is 0.789. The molecule has 0 aromatic heterocycles. The number of carboxylic acid groups (broad SMARTS) is 1. The van der Waals surface area contributed by atoms with Crippen LogP contribution in [0.5, 0.6) is 0 Å². The van der Waals surface area contributed by atoms with Gasteiger partial charge in [-0.3, -0.25) is 4.79 Å². The van der Waals surface area contributed by atoms with Crippen LogP contribution in [0.4, 0.5) is 0 Å². The fourth-order valence-corrected chi connectivity index (χ4v) is 0.789. The first-order valence-electron chi connectivity index (χ1n) is 4.22. The van der Waals surface area contributed by atoms with Gasteiger partial charge in [0.05, 0.1) is 18.9 Å². The first kappa shape index (κ1) is 18.0. The Bertz CT molecular complexity index is 252. The van der Waals surface area contributed by atoms with E-state index in [9.17, 15) is 14.7 Å². The van der Waals surface area contributed by atoms with Crippen LogP contribution in [0.25, 0.3) is 0 Å². The van der Waals surface area contributed by atoms with Crippen molar-refractivity contribution in [2.45, 2.75) is 12.7 Å². The monoisotopic (exact) mass is 239 g/mol. The zero-order valence-electron chi connectivity index (χ0n) is 9.74. The summed E-state index contributed by atoms with van der Waals surface area (Å²) in [7, 11) is 2.86. The number of amides is 1. The molecular formula is C9H14NNaO5. The molecule has 86 valence electrons. The molecule has 0 heterocycles. The van der Waals surface area contributed by atoms with Crippen LogP contribution < -0.4 is 40.0 Å². The number of carbonyl (C=O) groups excluding carboxylic acids is 2. The average molecular weight is 239 g/mol. The molecule has 0 spiro atoms. The van der Waals surface area contributed by atoms with Gasteiger partial charge in [-0.15, -0.1) is 0 Å². The summed E-state index contributed by atoms with van der Waals surface area (Å²) in [6.07, 6.45) is -0.854. The predicted octanol–water partition coefficient (Wildman–Crippen LogP) is -4.58. The molecule has 0 atom stereocenters. The first-order chi connectivity index (χ1) is 7.01. The Hall–Kier alpha value is -0.400. The summed E-state index contributed by atoms with van der Waals surface area (Å²) in [5.74, 6) is -1.90. The Labute approximate surface area is 116 Å². The minimum absolute atomic E-state index is 0. The van der Waals surface area contributed by atoms with Crippen molar-refractivity contribution in [3.63, 3.8) is 0 Å².